The van der Waals surface area contributed by atoms with Gasteiger partial charge in [-0.1, -0.05) is 44.9 Å². The highest BCUT2D eigenvalue weighted by Gasteiger charge is 2.14. The summed E-state index contributed by atoms with van der Waals surface area (Å²) in [5, 5.41) is 9.91. The number of hydrogen-bond donors (Lipinski definition) is 1. The second-order valence-corrected chi connectivity index (χ2v) is 4.09. The smallest absolute Gasteiger partial charge is 0.119 e. The Morgan fingerprint density at radius 1 is 1.12 bits per heavy atom. The molecule has 16 heavy (non-hydrogen) atoms. The van der Waals surface area contributed by atoms with Crippen molar-refractivity contribution in [3.8, 4) is 5.75 Å². The molecule has 0 fully saturated rings. The lowest BCUT2D eigenvalue weighted by Crippen LogP contribution is -2.21. The fourth-order valence-electron chi connectivity index (χ4n) is 1.88. The standard InChI is InChI=1S/C14H22O2/c1-3-12(4-2)14(15)10-11-16-13-8-6-5-7-9-13/h5-9,12,14-15H,3-4,10-11H2,1-2H3. The van der Waals surface area contributed by atoms with Gasteiger partial charge in [0.25, 0.3) is 0 Å². The maximum absolute atomic E-state index is 9.91. The molecule has 2 nitrogen and oxygen atoms in total. The maximum atomic E-state index is 9.91. The minimum Gasteiger partial charge on any atom is -0.493 e. The summed E-state index contributed by atoms with van der Waals surface area (Å²) in [6, 6.07) is 9.73. The lowest BCUT2D eigenvalue weighted by atomic mass is 9.95. The van der Waals surface area contributed by atoms with E-state index in [9.17, 15) is 5.11 Å². The molecule has 0 bridgehead atoms. The average Bonchev–Trinajstić information content (AvgIpc) is 2.32. The molecule has 0 aliphatic carbocycles. The molecule has 90 valence electrons. The fraction of sp³-hybridized carbons (Fsp3) is 0.571. The molecule has 0 aromatic heterocycles. The van der Waals surface area contributed by atoms with Gasteiger partial charge >= 0.3 is 0 Å². The zero-order valence-electron chi connectivity index (χ0n) is 10.2. The molecule has 1 unspecified atom stereocenters. The Labute approximate surface area is 98.3 Å². The third-order valence-corrected chi connectivity index (χ3v) is 3.02. The summed E-state index contributed by atoms with van der Waals surface area (Å²) in [5.74, 6) is 1.28. The summed E-state index contributed by atoms with van der Waals surface area (Å²) >= 11 is 0. The highest BCUT2D eigenvalue weighted by atomic mass is 16.5. The van der Waals surface area contributed by atoms with Crippen LogP contribution in [0.4, 0.5) is 0 Å². The van der Waals surface area contributed by atoms with Crippen molar-refractivity contribution in [1.82, 2.24) is 0 Å². The predicted octanol–water partition coefficient (Wildman–Crippen LogP) is 3.25. The van der Waals surface area contributed by atoms with Crippen molar-refractivity contribution in [3.63, 3.8) is 0 Å². The number of rotatable bonds is 7. The van der Waals surface area contributed by atoms with Gasteiger partial charge in [0, 0.05) is 6.42 Å². The third-order valence-electron chi connectivity index (χ3n) is 3.02. The van der Waals surface area contributed by atoms with Crippen LogP contribution in [0.3, 0.4) is 0 Å². The summed E-state index contributed by atoms with van der Waals surface area (Å²) in [6.07, 6.45) is 2.53. The Morgan fingerprint density at radius 3 is 2.31 bits per heavy atom. The van der Waals surface area contributed by atoms with Crippen LogP contribution in [0.15, 0.2) is 30.3 Å². The van der Waals surface area contributed by atoms with Gasteiger partial charge < -0.3 is 9.84 Å². The highest BCUT2D eigenvalue weighted by molar-refractivity contribution is 5.20. The number of aliphatic hydroxyl groups is 1. The molecule has 1 atom stereocenters. The topological polar surface area (TPSA) is 29.5 Å². The first kappa shape index (κ1) is 13.0. The Balaban J connectivity index is 2.25. The summed E-state index contributed by atoms with van der Waals surface area (Å²) in [5.41, 5.74) is 0. The van der Waals surface area contributed by atoms with Gasteiger partial charge in [-0.25, -0.2) is 0 Å². The summed E-state index contributed by atoms with van der Waals surface area (Å²) in [7, 11) is 0. The normalized spacial score (nSPS) is 12.8. The Morgan fingerprint density at radius 2 is 1.75 bits per heavy atom. The van der Waals surface area contributed by atoms with Crippen molar-refractivity contribution in [3.05, 3.63) is 30.3 Å². The predicted molar refractivity (Wildman–Crippen MR) is 66.6 cm³/mol. The molecule has 0 aliphatic heterocycles. The number of ether oxygens (including phenoxy) is 1. The van der Waals surface area contributed by atoms with Gasteiger partial charge in [-0.05, 0) is 18.1 Å². The molecule has 1 N–H and O–H groups in total. The number of aliphatic hydroxyl groups excluding tert-OH is 1. The van der Waals surface area contributed by atoms with Gasteiger partial charge in [0.1, 0.15) is 5.75 Å². The van der Waals surface area contributed by atoms with Crippen LogP contribution in [0.25, 0.3) is 0 Å². The minimum absolute atomic E-state index is 0.237. The van der Waals surface area contributed by atoms with Crippen molar-refractivity contribution in [2.24, 2.45) is 5.92 Å². The molecule has 0 amide bonds. The highest BCUT2D eigenvalue weighted by Crippen LogP contribution is 2.16. The molecular formula is C14H22O2. The van der Waals surface area contributed by atoms with E-state index < -0.39 is 0 Å². The molecule has 0 spiro atoms. The minimum atomic E-state index is -0.237. The van der Waals surface area contributed by atoms with E-state index in [0.29, 0.717) is 18.9 Å². The third kappa shape index (κ3) is 4.23. The SMILES string of the molecule is CCC(CC)C(O)CCOc1ccccc1. The largest absolute Gasteiger partial charge is 0.493 e. The molecule has 1 rings (SSSR count). The first-order valence-electron chi connectivity index (χ1n) is 6.13. The quantitative estimate of drug-likeness (QED) is 0.767. The maximum Gasteiger partial charge on any atom is 0.119 e. The van der Waals surface area contributed by atoms with Gasteiger partial charge in [-0.3, -0.25) is 0 Å². The van der Waals surface area contributed by atoms with Crippen molar-refractivity contribution in [2.45, 2.75) is 39.2 Å². The molecule has 0 saturated heterocycles. The molecular weight excluding hydrogens is 200 g/mol. The van der Waals surface area contributed by atoms with E-state index in [2.05, 4.69) is 13.8 Å². The lowest BCUT2D eigenvalue weighted by molar-refractivity contribution is 0.0787. The van der Waals surface area contributed by atoms with Gasteiger partial charge in [0.2, 0.25) is 0 Å². The summed E-state index contributed by atoms with van der Waals surface area (Å²) < 4.78 is 5.56. The molecule has 0 saturated carbocycles. The fourth-order valence-corrected chi connectivity index (χ4v) is 1.88. The van der Waals surface area contributed by atoms with Crippen LogP contribution in [-0.2, 0) is 0 Å². The zero-order valence-corrected chi connectivity index (χ0v) is 10.2. The van der Waals surface area contributed by atoms with Gasteiger partial charge in [0.05, 0.1) is 12.7 Å². The van der Waals surface area contributed by atoms with Gasteiger partial charge in [-0.2, -0.15) is 0 Å². The van der Waals surface area contributed by atoms with Crippen LogP contribution in [0.1, 0.15) is 33.1 Å². The Hall–Kier alpha value is -1.02. The number of para-hydroxylation sites is 1. The first-order valence-corrected chi connectivity index (χ1v) is 6.13. The van der Waals surface area contributed by atoms with Gasteiger partial charge in [0.15, 0.2) is 0 Å². The monoisotopic (exact) mass is 222 g/mol. The first-order chi connectivity index (χ1) is 7.77. The lowest BCUT2D eigenvalue weighted by Gasteiger charge is -2.19. The van der Waals surface area contributed by atoms with Crippen LogP contribution in [0, 0.1) is 5.92 Å². The van der Waals surface area contributed by atoms with E-state index in [0.717, 1.165) is 18.6 Å². The Bertz CT molecular complexity index is 267. The summed E-state index contributed by atoms with van der Waals surface area (Å²) in [6.45, 7) is 4.83. The second-order valence-electron chi connectivity index (χ2n) is 4.09. The van der Waals surface area contributed by atoms with Crippen LogP contribution in [-0.4, -0.2) is 17.8 Å². The van der Waals surface area contributed by atoms with Crippen LogP contribution in [0.5, 0.6) is 5.75 Å². The molecule has 0 heterocycles. The second kappa shape index (κ2) is 7.29. The van der Waals surface area contributed by atoms with Gasteiger partial charge in [-0.15, -0.1) is 0 Å². The van der Waals surface area contributed by atoms with E-state index in [1.807, 2.05) is 30.3 Å². The molecule has 2 heteroatoms. The van der Waals surface area contributed by atoms with E-state index >= 15 is 0 Å². The zero-order chi connectivity index (χ0) is 11.8. The molecule has 1 aromatic rings. The van der Waals surface area contributed by atoms with Crippen molar-refractivity contribution >= 4 is 0 Å². The van der Waals surface area contributed by atoms with Crippen molar-refractivity contribution in [2.75, 3.05) is 6.61 Å². The van der Waals surface area contributed by atoms with Crippen LogP contribution in [0.2, 0.25) is 0 Å². The molecule has 0 radical (unpaired) electrons. The van der Waals surface area contributed by atoms with E-state index in [1.165, 1.54) is 0 Å². The number of benzene rings is 1. The summed E-state index contributed by atoms with van der Waals surface area (Å²) in [4.78, 5) is 0. The van der Waals surface area contributed by atoms with Crippen LogP contribution >= 0.6 is 0 Å². The molecule has 0 aliphatic rings. The van der Waals surface area contributed by atoms with E-state index in [1.54, 1.807) is 0 Å². The Kier molecular flexibility index (Phi) is 5.94. The van der Waals surface area contributed by atoms with Crippen LogP contribution < -0.4 is 4.74 Å². The van der Waals surface area contributed by atoms with E-state index in [-0.39, 0.29) is 6.10 Å². The average molecular weight is 222 g/mol. The van der Waals surface area contributed by atoms with Crippen molar-refractivity contribution in [1.29, 1.82) is 0 Å². The van der Waals surface area contributed by atoms with Crippen molar-refractivity contribution < 1.29 is 9.84 Å². The number of hydrogen-bond acceptors (Lipinski definition) is 2. The van der Waals surface area contributed by atoms with E-state index in [4.69, 9.17) is 4.74 Å². The molecule has 1 aromatic carbocycles.